The number of ether oxygens (including phenoxy) is 1. The van der Waals surface area contributed by atoms with Gasteiger partial charge >= 0.3 is 0 Å². The number of amides is 1. The Morgan fingerprint density at radius 3 is 2.05 bits per heavy atom. The number of halogens is 3. The average molecular weight is 591 g/mol. The van der Waals surface area contributed by atoms with Gasteiger partial charge < -0.3 is 15.4 Å². The Morgan fingerprint density at radius 1 is 1.00 bits per heavy atom. The van der Waals surface area contributed by atoms with Crippen LogP contribution in [0.3, 0.4) is 0 Å². The number of carbonyl (C=O) groups is 1. The number of rotatable bonds is 11. The lowest BCUT2D eigenvalue weighted by molar-refractivity contribution is -0.134. The van der Waals surface area contributed by atoms with Crippen LogP contribution in [-0.4, -0.2) is 63.9 Å². The van der Waals surface area contributed by atoms with Crippen LogP contribution in [0.25, 0.3) is 0 Å². The minimum Gasteiger partial charge on any atom is -0.367 e. The first kappa shape index (κ1) is 30.2. The van der Waals surface area contributed by atoms with Crippen LogP contribution in [0.5, 0.6) is 0 Å². The molecule has 0 saturated heterocycles. The molecule has 37 heavy (non-hydrogen) atoms. The first-order valence-corrected chi connectivity index (χ1v) is 14.7. The first-order chi connectivity index (χ1) is 17.4. The third-order valence-corrected chi connectivity index (χ3v) is 10.0. The second-order valence-electron chi connectivity index (χ2n) is 9.71. The van der Waals surface area contributed by atoms with Gasteiger partial charge in [-0.25, -0.2) is 8.42 Å². The van der Waals surface area contributed by atoms with Gasteiger partial charge in [-0.3, -0.25) is 4.79 Å². The Hall–Kier alpha value is -1.39. The van der Waals surface area contributed by atoms with E-state index >= 15 is 0 Å². The molecule has 2 atom stereocenters. The van der Waals surface area contributed by atoms with E-state index in [0.717, 1.165) is 30.0 Å². The van der Waals surface area contributed by atoms with Gasteiger partial charge in [-0.05, 0) is 69.3 Å². The van der Waals surface area contributed by atoms with Crippen molar-refractivity contribution >= 4 is 50.7 Å². The van der Waals surface area contributed by atoms with Crippen molar-refractivity contribution < 1.29 is 17.9 Å². The SMILES string of the molecule is CN(C)C(c1ccccc1)C1CCC(C(OCCN(C)S(=O)(=O)c2c(Cl)cc(Cl)cc2Cl)C(N)=O)CC1. The zero-order valence-electron chi connectivity index (χ0n) is 21.2. The Kier molecular flexibility index (Phi) is 10.7. The van der Waals surface area contributed by atoms with Crippen LogP contribution in [-0.2, 0) is 19.6 Å². The van der Waals surface area contributed by atoms with E-state index in [4.69, 9.17) is 45.3 Å². The molecule has 1 aliphatic carbocycles. The van der Waals surface area contributed by atoms with Crippen LogP contribution in [0, 0.1) is 11.8 Å². The van der Waals surface area contributed by atoms with Crippen LogP contribution in [0.4, 0.5) is 0 Å². The van der Waals surface area contributed by atoms with Crippen molar-refractivity contribution in [1.82, 2.24) is 9.21 Å². The summed E-state index contributed by atoms with van der Waals surface area (Å²) < 4.78 is 33.0. The summed E-state index contributed by atoms with van der Waals surface area (Å²) in [7, 11) is 1.58. The maximum atomic E-state index is 13.0. The van der Waals surface area contributed by atoms with Crippen molar-refractivity contribution in [3.8, 4) is 0 Å². The van der Waals surface area contributed by atoms with Crippen molar-refractivity contribution in [2.24, 2.45) is 17.6 Å². The number of nitrogens with zero attached hydrogens (tertiary/aromatic N) is 2. The van der Waals surface area contributed by atoms with E-state index in [1.54, 1.807) is 0 Å². The molecule has 7 nitrogen and oxygen atoms in total. The summed E-state index contributed by atoms with van der Waals surface area (Å²) in [6.07, 6.45) is 2.71. The number of likely N-dealkylation sites (N-methyl/N-ethyl adjacent to an activating group) is 1. The highest BCUT2D eigenvalue weighted by Gasteiger charge is 2.36. The molecule has 2 aromatic carbocycles. The maximum absolute atomic E-state index is 13.0. The molecule has 1 amide bonds. The van der Waals surface area contributed by atoms with Crippen molar-refractivity contribution in [2.75, 3.05) is 34.3 Å². The molecule has 0 radical (unpaired) electrons. The normalized spacial score (nSPS) is 20.2. The molecular weight excluding hydrogens is 557 g/mol. The predicted octanol–water partition coefficient (Wildman–Crippen LogP) is 5.25. The summed E-state index contributed by atoms with van der Waals surface area (Å²) >= 11 is 18.1. The molecule has 0 bridgehead atoms. The summed E-state index contributed by atoms with van der Waals surface area (Å²) in [5.41, 5.74) is 6.98. The number of primary amides is 1. The zero-order valence-corrected chi connectivity index (χ0v) is 24.3. The number of sulfonamides is 1. The minimum atomic E-state index is -4.00. The van der Waals surface area contributed by atoms with E-state index in [0.29, 0.717) is 12.0 Å². The molecule has 0 heterocycles. The highest BCUT2D eigenvalue weighted by Crippen LogP contribution is 2.41. The molecule has 1 aliphatic rings. The molecule has 1 fully saturated rings. The summed E-state index contributed by atoms with van der Waals surface area (Å²) in [5, 5.41) is 0.103. The number of carbonyl (C=O) groups excluding carboxylic acids is 1. The van der Waals surface area contributed by atoms with Crippen LogP contribution in [0.2, 0.25) is 15.1 Å². The molecule has 1 saturated carbocycles. The van der Waals surface area contributed by atoms with Gasteiger partial charge in [-0.2, -0.15) is 4.31 Å². The largest absolute Gasteiger partial charge is 0.367 e. The van der Waals surface area contributed by atoms with Gasteiger partial charge in [0.25, 0.3) is 0 Å². The van der Waals surface area contributed by atoms with Crippen molar-refractivity contribution in [3.05, 3.63) is 63.1 Å². The lowest BCUT2D eigenvalue weighted by atomic mass is 9.74. The van der Waals surface area contributed by atoms with Gasteiger partial charge in [0.05, 0.1) is 16.7 Å². The van der Waals surface area contributed by atoms with Crippen molar-refractivity contribution in [2.45, 2.75) is 42.7 Å². The topological polar surface area (TPSA) is 92.9 Å². The number of hydrogen-bond donors (Lipinski definition) is 1. The Morgan fingerprint density at radius 2 is 1.54 bits per heavy atom. The van der Waals surface area contributed by atoms with Crippen molar-refractivity contribution in [3.63, 3.8) is 0 Å². The maximum Gasteiger partial charge on any atom is 0.246 e. The molecule has 0 spiro atoms. The number of benzene rings is 2. The quantitative estimate of drug-likeness (QED) is 0.386. The standard InChI is InChI=1S/C26H34Cl3N3O4S/c1-31(2)23(17-7-5-4-6-8-17)18-9-11-19(12-10-18)24(26(30)33)36-14-13-32(3)37(34,35)25-21(28)15-20(27)16-22(25)29/h4-8,15-16,18-19,23-24H,9-14H2,1-3H3,(H2,30,33). The number of hydrogen-bond acceptors (Lipinski definition) is 5. The molecular formula is C26H34Cl3N3O4S. The highest BCUT2D eigenvalue weighted by molar-refractivity contribution is 7.89. The summed E-state index contributed by atoms with van der Waals surface area (Å²) in [5.74, 6) is -0.105. The van der Waals surface area contributed by atoms with E-state index in [1.165, 1.54) is 24.7 Å². The summed E-state index contributed by atoms with van der Waals surface area (Å²) in [4.78, 5) is 14.3. The Balaban J connectivity index is 1.60. The first-order valence-electron chi connectivity index (χ1n) is 12.2. The van der Waals surface area contributed by atoms with Gasteiger partial charge in [0.15, 0.2) is 0 Å². The molecule has 2 unspecified atom stereocenters. The van der Waals surface area contributed by atoms with Crippen LogP contribution < -0.4 is 5.73 Å². The molecule has 3 rings (SSSR count). The second kappa shape index (κ2) is 13.1. The lowest BCUT2D eigenvalue weighted by Crippen LogP contribution is -2.42. The van der Waals surface area contributed by atoms with E-state index in [-0.39, 0.29) is 39.0 Å². The monoisotopic (exact) mass is 589 g/mol. The van der Waals surface area contributed by atoms with Gasteiger partial charge in [0.1, 0.15) is 11.0 Å². The second-order valence-corrected chi connectivity index (χ2v) is 12.9. The fourth-order valence-corrected chi connectivity index (χ4v) is 7.86. The van der Waals surface area contributed by atoms with Gasteiger partial charge in [-0.1, -0.05) is 65.1 Å². The third-order valence-electron chi connectivity index (χ3n) is 7.00. The fraction of sp³-hybridized carbons (Fsp3) is 0.500. The van der Waals surface area contributed by atoms with E-state index in [1.807, 2.05) is 6.07 Å². The molecule has 0 aromatic heterocycles. The Labute approximate surface area is 234 Å². The fourth-order valence-electron chi connectivity index (χ4n) is 5.22. The van der Waals surface area contributed by atoms with Crippen LogP contribution >= 0.6 is 34.8 Å². The highest BCUT2D eigenvalue weighted by atomic mass is 35.5. The van der Waals surface area contributed by atoms with Gasteiger partial charge in [0.2, 0.25) is 15.9 Å². The van der Waals surface area contributed by atoms with Gasteiger partial charge in [-0.15, -0.1) is 0 Å². The predicted molar refractivity (Wildman–Crippen MR) is 149 cm³/mol. The summed E-state index contributed by atoms with van der Waals surface area (Å²) in [6.45, 7) is -0.0100. The minimum absolute atomic E-state index is 0.00354. The molecule has 2 aromatic rings. The molecule has 204 valence electrons. The smallest absolute Gasteiger partial charge is 0.246 e. The van der Waals surface area contributed by atoms with E-state index in [2.05, 4.69) is 43.3 Å². The zero-order chi connectivity index (χ0) is 27.3. The third kappa shape index (κ3) is 7.38. The van der Waals surface area contributed by atoms with E-state index < -0.39 is 22.0 Å². The molecule has 11 heteroatoms. The molecule has 2 N–H and O–H groups in total. The van der Waals surface area contributed by atoms with Crippen LogP contribution in [0.15, 0.2) is 47.4 Å². The Bertz CT molecular complexity index is 1150. The van der Waals surface area contributed by atoms with Crippen molar-refractivity contribution in [1.29, 1.82) is 0 Å². The van der Waals surface area contributed by atoms with E-state index in [9.17, 15) is 13.2 Å². The summed E-state index contributed by atoms with van der Waals surface area (Å²) in [6, 6.07) is 13.4. The van der Waals surface area contributed by atoms with Crippen LogP contribution in [0.1, 0.15) is 37.3 Å². The lowest BCUT2D eigenvalue weighted by Gasteiger charge is -2.39. The number of nitrogens with two attached hydrogens (primary N) is 1. The average Bonchev–Trinajstić information content (AvgIpc) is 2.82. The molecule has 0 aliphatic heterocycles. The van der Waals surface area contributed by atoms with Gasteiger partial charge in [0, 0.05) is 24.7 Å².